The molecule has 0 aromatic heterocycles. The van der Waals surface area contributed by atoms with E-state index in [0.29, 0.717) is 12.5 Å². The predicted octanol–water partition coefficient (Wildman–Crippen LogP) is 1.40. The molecule has 1 aromatic carbocycles. The summed E-state index contributed by atoms with van der Waals surface area (Å²) in [6.07, 6.45) is 6.91. The SMILES string of the molecule is [C-]#Cc1ccc(C2=NCCO2)cc1. The number of nitrogens with zero attached hydrogens (tertiary/aromatic N) is 1. The molecular formula is C11H8NO-. The van der Waals surface area contributed by atoms with Crippen LogP contribution in [0.2, 0.25) is 0 Å². The monoisotopic (exact) mass is 170 g/mol. The molecule has 1 aliphatic rings. The molecule has 1 aromatic rings. The van der Waals surface area contributed by atoms with E-state index in [4.69, 9.17) is 11.2 Å². The summed E-state index contributed by atoms with van der Waals surface area (Å²) in [7, 11) is 0. The lowest BCUT2D eigenvalue weighted by molar-refractivity contribution is 0.348. The van der Waals surface area contributed by atoms with Gasteiger partial charge in [-0.3, -0.25) is 5.92 Å². The van der Waals surface area contributed by atoms with Crippen LogP contribution in [-0.4, -0.2) is 19.0 Å². The standard InChI is InChI=1S/C11H8NO/c1-2-9-3-5-10(6-4-9)11-12-7-8-13-11/h3-6H,7-8H2/q-1. The van der Waals surface area contributed by atoms with Gasteiger partial charge in [0.1, 0.15) is 6.61 Å². The minimum atomic E-state index is 0.674. The molecule has 0 spiro atoms. The second-order valence-corrected chi connectivity index (χ2v) is 2.74. The van der Waals surface area contributed by atoms with Gasteiger partial charge in [-0.1, -0.05) is 12.1 Å². The van der Waals surface area contributed by atoms with Gasteiger partial charge in [0.25, 0.3) is 0 Å². The Morgan fingerprint density at radius 1 is 1.31 bits per heavy atom. The van der Waals surface area contributed by atoms with Gasteiger partial charge in [-0.05, 0) is 0 Å². The number of ether oxygens (including phenoxy) is 1. The third kappa shape index (κ3) is 1.54. The van der Waals surface area contributed by atoms with E-state index < -0.39 is 0 Å². The van der Waals surface area contributed by atoms with Crippen molar-refractivity contribution in [3.63, 3.8) is 0 Å². The second kappa shape index (κ2) is 3.32. The summed E-state index contributed by atoms with van der Waals surface area (Å²) >= 11 is 0. The van der Waals surface area contributed by atoms with Crippen molar-refractivity contribution >= 4 is 5.90 Å². The van der Waals surface area contributed by atoms with Gasteiger partial charge in [-0.25, -0.2) is 4.99 Å². The van der Waals surface area contributed by atoms with E-state index in [9.17, 15) is 0 Å². The average Bonchev–Trinajstić information content (AvgIpc) is 2.71. The van der Waals surface area contributed by atoms with Crippen LogP contribution in [0.15, 0.2) is 29.3 Å². The van der Waals surface area contributed by atoms with Gasteiger partial charge >= 0.3 is 0 Å². The van der Waals surface area contributed by atoms with Crippen LogP contribution in [0.1, 0.15) is 11.1 Å². The zero-order chi connectivity index (χ0) is 9.10. The third-order valence-corrected chi connectivity index (χ3v) is 1.86. The van der Waals surface area contributed by atoms with E-state index in [1.165, 1.54) is 0 Å². The molecule has 2 heteroatoms. The van der Waals surface area contributed by atoms with E-state index in [1.54, 1.807) is 0 Å². The first-order chi connectivity index (χ1) is 6.40. The minimum Gasteiger partial charge on any atom is -0.476 e. The van der Waals surface area contributed by atoms with E-state index in [1.807, 2.05) is 24.3 Å². The Kier molecular flexibility index (Phi) is 2.01. The highest BCUT2D eigenvalue weighted by Gasteiger charge is 2.07. The lowest BCUT2D eigenvalue weighted by Crippen LogP contribution is -2.00. The van der Waals surface area contributed by atoms with Gasteiger partial charge in [-0.2, -0.15) is 0 Å². The second-order valence-electron chi connectivity index (χ2n) is 2.74. The summed E-state index contributed by atoms with van der Waals surface area (Å²) in [5, 5.41) is 0. The predicted molar refractivity (Wildman–Crippen MR) is 50.0 cm³/mol. The van der Waals surface area contributed by atoms with Crippen LogP contribution in [0.25, 0.3) is 0 Å². The first-order valence-corrected chi connectivity index (χ1v) is 4.10. The van der Waals surface area contributed by atoms with Crippen molar-refractivity contribution in [3.8, 4) is 5.92 Å². The van der Waals surface area contributed by atoms with Crippen LogP contribution in [0.4, 0.5) is 0 Å². The van der Waals surface area contributed by atoms with Gasteiger partial charge in [-0.15, -0.1) is 17.7 Å². The Hall–Kier alpha value is -1.75. The molecule has 0 amide bonds. The molecule has 13 heavy (non-hydrogen) atoms. The number of hydrogen-bond acceptors (Lipinski definition) is 2. The first-order valence-electron chi connectivity index (χ1n) is 4.10. The molecule has 0 saturated heterocycles. The van der Waals surface area contributed by atoms with Crippen molar-refractivity contribution in [2.75, 3.05) is 13.2 Å². The quantitative estimate of drug-likeness (QED) is 0.461. The highest BCUT2D eigenvalue weighted by Crippen LogP contribution is 2.08. The minimum absolute atomic E-state index is 0.674. The summed E-state index contributed by atoms with van der Waals surface area (Å²) in [6.45, 7) is 1.42. The van der Waals surface area contributed by atoms with Crippen LogP contribution in [-0.2, 0) is 4.74 Å². The van der Waals surface area contributed by atoms with Crippen molar-refractivity contribution in [1.82, 2.24) is 0 Å². The lowest BCUT2D eigenvalue weighted by Gasteiger charge is -2.04. The van der Waals surface area contributed by atoms with E-state index >= 15 is 0 Å². The van der Waals surface area contributed by atoms with Crippen molar-refractivity contribution in [1.29, 1.82) is 0 Å². The highest BCUT2D eigenvalue weighted by molar-refractivity contribution is 5.94. The first kappa shape index (κ1) is 7.88. The van der Waals surface area contributed by atoms with E-state index in [-0.39, 0.29) is 0 Å². The zero-order valence-corrected chi connectivity index (χ0v) is 7.08. The molecule has 1 heterocycles. The van der Waals surface area contributed by atoms with Gasteiger partial charge in [0.05, 0.1) is 6.54 Å². The maximum Gasteiger partial charge on any atom is 0.216 e. The molecule has 0 bridgehead atoms. The Morgan fingerprint density at radius 3 is 2.62 bits per heavy atom. The number of benzene rings is 1. The maximum absolute atomic E-state index is 6.91. The van der Waals surface area contributed by atoms with Crippen LogP contribution < -0.4 is 0 Å². The molecular weight excluding hydrogens is 162 g/mol. The van der Waals surface area contributed by atoms with Gasteiger partial charge in [0, 0.05) is 5.56 Å². The number of rotatable bonds is 1. The Bertz CT molecular complexity index is 370. The van der Waals surface area contributed by atoms with E-state index in [2.05, 4.69) is 10.9 Å². The summed E-state index contributed by atoms with van der Waals surface area (Å²) in [5.41, 5.74) is 1.74. The maximum atomic E-state index is 6.91. The normalized spacial score (nSPS) is 14.5. The molecule has 64 valence electrons. The average molecular weight is 170 g/mol. The summed E-state index contributed by atoms with van der Waals surface area (Å²) < 4.78 is 5.30. The van der Waals surface area contributed by atoms with E-state index in [0.717, 1.165) is 17.7 Å². The Morgan fingerprint density at radius 2 is 2.08 bits per heavy atom. The van der Waals surface area contributed by atoms with Crippen molar-refractivity contribution < 1.29 is 4.74 Å². The fourth-order valence-electron chi connectivity index (χ4n) is 1.21. The number of aliphatic imine (C=N–C) groups is 1. The van der Waals surface area contributed by atoms with Crippen molar-refractivity contribution in [3.05, 3.63) is 41.8 Å². The molecule has 0 fully saturated rings. The van der Waals surface area contributed by atoms with Crippen LogP contribution in [0.5, 0.6) is 0 Å². The molecule has 0 aliphatic carbocycles. The van der Waals surface area contributed by atoms with Crippen molar-refractivity contribution in [2.45, 2.75) is 0 Å². The largest absolute Gasteiger partial charge is 0.476 e. The van der Waals surface area contributed by atoms with Gasteiger partial charge in [0.15, 0.2) is 0 Å². The molecule has 2 rings (SSSR count). The summed E-state index contributed by atoms with van der Waals surface area (Å²) in [4.78, 5) is 4.19. The fraction of sp³-hybridized carbons (Fsp3) is 0.182. The van der Waals surface area contributed by atoms with Gasteiger partial charge in [0.2, 0.25) is 5.90 Å². The molecule has 0 radical (unpaired) electrons. The summed E-state index contributed by atoms with van der Waals surface area (Å²) in [5.74, 6) is 3.02. The van der Waals surface area contributed by atoms with Crippen molar-refractivity contribution in [2.24, 2.45) is 4.99 Å². The van der Waals surface area contributed by atoms with Crippen LogP contribution >= 0.6 is 0 Å². The van der Waals surface area contributed by atoms with Crippen LogP contribution in [0, 0.1) is 12.3 Å². The van der Waals surface area contributed by atoms with Gasteiger partial charge < -0.3 is 11.2 Å². The molecule has 0 saturated carbocycles. The summed E-state index contributed by atoms with van der Waals surface area (Å²) in [6, 6.07) is 7.43. The smallest absolute Gasteiger partial charge is 0.216 e. The Labute approximate surface area is 77.3 Å². The third-order valence-electron chi connectivity index (χ3n) is 1.86. The fourth-order valence-corrected chi connectivity index (χ4v) is 1.21. The topological polar surface area (TPSA) is 21.6 Å². The highest BCUT2D eigenvalue weighted by atomic mass is 16.5. The molecule has 0 atom stereocenters. The molecule has 0 unspecified atom stereocenters. The number of hydrogen-bond donors (Lipinski definition) is 0. The zero-order valence-electron chi connectivity index (χ0n) is 7.08. The molecule has 0 N–H and O–H groups in total. The molecule has 2 nitrogen and oxygen atoms in total. The molecule has 1 aliphatic heterocycles. The van der Waals surface area contributed by atoms with Crippen LogP contribution in [0.3, 0.4) is 0 Å². The Balaban J connectivity index is 2.28. The lowest BCUT2D eigenvalue weighted by atomic mass is 10.1.